The van der Waals surface area contributed by atoms with Crippen molar-refractivity contribution >= 4 is 5.91 Å². The van der Waals surface area contributed by atoms with Gasteiger partial charge in [0.05, 0.1) is 25.6 Å². The van der Waals surface area contributed by atoms with E-state index in [2.05, 4.69) is 10.3 Å². The summed E-state index contributed by atoms with van der Waals surface area (Å²) in [6.45, 7) is 2.51. The number of nitrogens with one attached hydrogen (secondary N) is 1. The number of aromatic nitrogens is 2. The lowest BCUT2D eigenvalue weighted by atomic mass is 10.1. The molecule has 0 radical (unpaired) electrons. The topological polar surface area (TPSA) is 65.4 Å². The number of aryl methyl sites for hydroxylation is 1. The summed E-state index contributed by atoms with van der Waals surface area (Å²) in [5.41, 5.74) is 1.12. The molecule has 0 spiro atoms. The van der Waals surface area contributed by atoms with E-state index in [9.17, 15) is 4.79 Å². The molecule has 2 aromatic rings. The van der Waals surface area contributed by atoms with E-state index in [1.54, 1.807) is 12.5 Å². The lowest BCUT2D eigenvalue weighted by Gasteiger charge is -2.32. The zero-order valence-corrected chi connectivity index (χ0v) is 14.3. The molecule has 1 fully saturated rings. The van der Waals surface area contributed by atoms with Crippen LogP contribution in [-0.2, 0) is 27.4 Å². The third-order valence-electron chi connectivity index (χ3n) is 4.34. The zero-order valence-electron chi connectivity index (χ0n) is 14.3. The molecule has 1 aromatic heterocycles. The molecular formula is C19H25N3O3. The predicted octanol–water partition coefficient (Wildman–Crippen LogP) is 2.15. The summed E-state index contributed by atoms with van der Waals surface area (Å²) < 4.78 is 13.5. The smallest absolute Gasteiger partial charge is 0.220 e. The Bertz CT molecular complexity index is 631. The first-order valence-corrected chi connectivity index (χ1v) is 8.79. The molecule has 1 saturated heterocycles. The Morgan fingerprint density at radius 3 is 3.04 bits per heavy atom. The first-order valence-electron chi connectivity index (χ1n) is 8.79. The Kier molecular flexibility index (Phi) is 6.59. The predicted molar refractivity (Wildman–Crippen MR) is 93.8 cm³/mol. The van der Waals surface area contributed by atoms with E-state index in [4.69, 9.17) is 9.47 Å². The van der Waals surface area contributed by atoms with Gasteiger partial charge in [0.15, 0.2) is 0 Å². The van der Waals surface area contributed by atoms with E-state index in [0.717, 1.165) is 24.9 Å². The fourth-order valence-corrected chi connectivity index (χ4v) is 2.94. The molecule has 0 saturated carbocycles. The molecule has 6 nitrogen and oxygen atoms in total. The number of hydrogen-bond acceptors (Lipinski definition) is 4. The first kappa shape index (κ1) is 17.6. The minimum Gasteiger partial charge on any atom is -0.379 e. The number of amides is 1. The number of ether oxygens (including phenoxy) is 2. The van der Waals surface area contributed by atoms with Crippen molar-refractivity contribution < 1.29 is 14.3 Å². The van der Waals surface area contributed by atoms with Crippen LogP contribution in [0.2, 0.25) is 0 Å². The van der Waals surface area contributed by atoms with Crippen LogP contribution in [-0.4, -0.2) is 40.8 Å². The second-order valence-electron chi connectivity index (χ2n) is 6.28. The summed E-state index contributed by atoms with van der Waals surface area (Å²) in [6, 6.07) is 10.1. The largest absolute Gasteiger partial charge is 0.379 e. The number of hydrogen-bond donors (Lipinski definition) is 1. The van der Waals surface area contributed by atoms with Crippen molar-refractivity contribution in [3.05, 3.63) is 54.6 Å². The third-order valence-corrected chi connectivity index (χ3v) is 4.34. The second kappa shape index (κ2) is 9.34. The van der Waals surface area contributed by atoms with E-state index in [-0.39, 0.29) is 18.1 Å². The van der Waals surface area contributed by atoms with Gasteiger partial charge in [-0.15, -0.1) is 0 Å². The molecule has 0 aliphatic carbocycles. The lowest BCUT2D eigenvalue weighted by Crippen LogP contribution is -2.49. The lowest BCUT2D eigenvalue weighted by molar-refractivity contribution is -0.126. The van der Waals surface area contributed by atoms with Crippen LogP contribution in [0.3, 0.4) is 0 Å². The van der Waals surface area contributed by atoms with Crippen LogP contribution in [0.5, 0.6) is 0 Å². The fourth-order valence-electron chi connectivity index (χ4n) is 2.94. The van der Waals surface area contributed by atoms with Gasteiger partial charge in [-0.05, 0) is 18.4 Å². The second-order valence-corrected chi connectivity index (χ2v) is 6.28. The monoisotopic (exact) mass is 343 g/mol. The van der Waals surface area contributed by atoms with Crippen molar-refractivity contribution in [3.8, 4) is 0 Å². The molecule has 2 heterocycles. The molecule has 1 aliphatic rings. The number of carbonyl (C=O) groups is 1. The van der Waals surface area contributed by atoms with E-state index >= 15 is 0 Å². The molecule has 0 unspecified atom stereocenters. The maximum atomic E-state index is 12.2. The van der Waals surface area contributed by atoms with Crippen molar-refractivity contribution in [2.75, 3.05) is 13.2 Å². The van der Waals surface area contributed by atoms with Crippen molar-refractivity contribution in [3.63, 3.8) is 0 Å². The van der Waals surface area contributed by atoms with E-state index in [1.807, 2.05) is 41.1 Å². The van der Waals surface area contributed by atoms with Crippen LogP contribution in [0.15, 0.2) is 49.1 Å². The molecule has 0 bridgehead atoms. The molecule has 1 aromatic carbocycles. The first-order chi connectivity index (χ1) is 12.3. The van der Waals surface area contributed by atoms with Gasteiger partial charge >= 0.3 is 0 Å². The van der Waals surface area contributed by atoms with Crippen LogP contribution < -0.4 is 5.32 Å². The highest BCUT2D eigenvalue weighted by Gasteiger charge is 2.27. The highest BCUT2D eigenvalue weighted by Crippen LogP contribution is 2.14. The SMILES string of the molecule is O=C(CCCn1ccnc1)N[C@@H]1CCOC[C@H]1OCc1ccccc1. The number of carbonyl (C=O) groups excluding carboxylic acids is 1. The molecule has 1 aliphatic heterocycles. The fraction of sp³-hybridized carbons (Fsp3) is 0.474. The normalized spacial score (nSPS) is 20.3. The molecule has 1 amide bonds. The highest BCUT2D eigenvalue weighted by molar-refractivity contribution is 5.76. The van der Waals surface area contributed by atoms with Crippen molar-refractivity contribution in [2.24, 2.45) is 0 Å². The maximum absolute atomic E-state index is 12.2. The van der Waals surface area contributed by atoms with Gasteiger partial charge in [0, 0.05) is 32.0 Å². The van der Waals surface area contributed by atoms with Crippen molar-refractivity contribution in [1.82, 2.24) is 14.9 Å². The van der Waals surface area contributed by atoms with E-state index in [1.165, 1.54) is 0 Å². The Morgan fingerprint density at radius 2 is 2.24 bits per heavy atom. The van der Waals surface area contributed by atoms with Gasteiger partial charge in [0.1, 0.15) is 6.10 Å². The average Bonchev–Trinajstić information content (AvgIpc) is 3.15. The van der Waals surface area contributed by atoms with Gasteiger partial charge in [0.25, 0.3) is 0 Å². The molecule has 1 N–H and O–H groups in total. The molecule has 6 heteroatoms. The maximum Gasteiger partial charge on any atom is 0.220 e. The number of nitrogens with zero attached hydrogens (tertiary/aromatic N) is 2. The summed E-state index contributed by atoms with van der Waals surface area (Å²) in [6.07, 6.45) is 7.39. The Balaban J connectivity index is 1.42. The Morgan fingerprint density at radius 1 is 1.36 bits per heavy atom. The van der Waals surface area contributed by atoms with E-state index < -0.39 is 0 Å². The third kappa shape index (κ3) is 5.69. The minimum absolute atomic E-state index is 0.0122. The number of imidazole rings is 1. The molecule has 25 heavy (non-hydrogen) atoms. The number of benzene rings is 1. The highest BCUT2D eigenvalue weighted by atomic mass is 16.5. The van der Waals surface area contributed by atoms with Crippen molar-refractivity contribution in [2.45, 2.75) is 44.6 Å². The van der Waals surface area contributed by atoms with Gasteiger partial charge in [0.2, 0.25) is 5.91 Å². The van der Waals surface area contributed by atoms with Gasteiger partial charge in [-0.3, -0.25) is 4.79 Å². The van der Waals surface area contributed by atoms with Crippen LogP contribution in [0, 0.1) is 0 Å². The van der Waals surface area contributed by atoms with Crippen LogP contribution in [0.1, 0.15) is 24.8 Å². The van der Waals surface area contributed by atoms with Crippen LogP contribution in [0.4, 0.5) is 0 Å². The Hall–Kier alpha value is -2.18. The zero-order chi connectivity index (χ0) is 17.3. The standard InChI is InChI=1S/C19H25N3O3/c23-19(7-4-10-22-11-9-20-15-22)21-17-8-12-24-14-18(17)25-13-16-5-2-1-3-6-16/h1-3,5-6,9,11,15,17-18H,4,7-8,10,12-14H2,(H,21,23)/t17-,18-/m1/s1. The van der Waals surface area contributed by atoms with E-state index in [0.29, 0.717) is 26.2 Å². The minimum atomic E-state index is -0.105. The molecule has 2 atom stereocenters. The quantitative estimate of drug-likeness (QED) is 0.798. The molecule has 134 valence electrons. The summed E-state index contributed by atoms with van der Waals surface area (Å²) >= 11 is 0. The average molecular weight is 343 g/mol. The number of rotatable bonds is 8. The van der Waals surface area contributed by atoms with Crippen LogP contribution in [0.25, 0.3) is 0 Å². The van der Waals surface area contributed by atoms with Gasteiger partial charge < -0.3 is 19.4 Å². The van der Waals surface area contributed by atoms with Gasteiger partial charge in [-0.2, -0.15) is 0 Å². The Labute approximate surface area is 148 Å². The molecule has 3 rings (SSSR count). The molecular weight excluding hydrogens is 318 g/mol. The summed E-state index contributed by atoms with van der Waals surface area (Å²) in [5.74, 6) is 0.0697. The van der Waals surface area contributed by atoms with Crippen LogP contribution >= 0.6 is 0 Å². The van der Waals surface area contributed by atoms with Gasteiger partial charge in [-0.25, -0.2) is 4.98 Å². The summed E-state index contributed by atoms with van der Waals surface area (Å²) in [4.78, 5) is 16.2. The summed E-state index contributed by atoms with van der Waals surface area (Å²) in [5, 5.41) is 3.12. The summed E-state index contributed by atoms with van der Waals surface area (Å²) in [7, 11) is 0. The van der Waals surface area contributed by atoms with Crippen molar-refractivity contribution in [1.29, 1.82) is 0 Å². The van der Waals surface area contributed by atoms with Gasteiger partial charge in [-0.1, -0.05) is 30.3 Å².